The second-order valence-electron chi connectivity index (χ2n) is 6.08. The molecule has 0 saturated carbocycles. The predicted octanol–water partition coefficient (Wildman–Crippen LogP) is 2.11. The molecule has 2 aromatic rings. The number of hydrogen-bond donors (Lipinski definition) is 1. The van der Waals surface area contributed by atoms with E-state index in [1.54, 1.807) is 23.1 Å². The van der Waals surface area contributed by atoms with Crippen molar-refractivity contribution in [3.05, 3.63) is 53.9 Å². The molecule has 3 rings (SSSR count). The number of likely N-dealkylation sites (tertiary alicyclic amines) is 1. The summed E-state index contributed by atoms with van der Waals surface area (Å²) in [6.45, 7) is 1.30. The Balaban J connectivity index is 1.65. The van der Waals surface area contributed by atoms with E-state index in [0.29, 0.717) is 18.5 Å². The van der Waals surface area contributed by atoms with Gasteiger partial charge in [-0.25, -0.2) is 8.78 Å². The minimum Gasteiger partial charge on any atom is -0.351 e. The van der Waals surface area contributed by atoms with Gasteiger partial charge in [0.1, 0.15) is 0 Å². The van der Waals surface area contributed by atoms with E-state index in [4.69, 9.17) is 0 Å². The lowest BCUT2D eigenvalue weighted by molar-refractivity contribution is -0.122. The topological polar surface area (TPSA) is 50.2 Å². The van der Waals surface area contributed by atoms with Crippen molar-refractivity contribution >= 4 is 5.91 Å². The number of rotatable bonds is 5. The van der Waals surface area contributed by atoms with Crippen LogP contribution in [0.5, 0.6) is 0 Å². The first-order valence-electron chi connectivity index (χ1n) is 7.96. The highest BCUT2D eigenvalue weighted by Gasteiger charge is 2.34. The average molecular weight is 334 g/mol. The summed E-state index contributed by atoms with van der Waals surface area (Å²) in [5.41, 5.74) is 0.672. The van der Waals surface area contributed by atoms with Crippen molar-refractivity contribution in [3.63, 3.8) is 0 Å². The molecule has 7 heteroatoms. The van der Waals surface area contributed by atoms with Gasteiger partial charge in [-0.05, 0) is 37.2 Å². The SMILES string of the molecule is CN1CC[C@H](NC(=O)CCn2cccn2)[C@@H]1c1ccc(F)c(F)c1. The molecule has 1 N–H and O–H groups in total. The summed E-state index contributed by atoms with van der Waals surface area (Å²) in [5.74, 6) is -1.80. The number of nitrogens with one attached hydrogen (secondary N) is 1. The van der Waals surface area contributed by atoms with Crippen LogP contribution in [0.1, 0.15) is 24.4 Å². The highest BCUT2D eigenvalue weighted by Crippen LogP contribution is 2.31. The number of nitrogens with zero attached hydrogens (tertiary/aromatic N) is 3. The van der Waals surface area contributed by atoms with Crippen LogP contribution in [0.3, 0.4) is 0 Å². The van der Waals surface area contributed by atoms with Crippen molar-refractivity contribution in [3.8, 4) is 0 Å². The number of carbonyl (C=O) groups is 1. The van der Waals surface area contributed by atoms with E-state index in [1.165, 1.54) is 6.07 Å². The minimum absolute atomic E-state index is 0.0709. The van der Waals surface area contributed by atoms with E-state index >= 15 is 0 Å². The van der Waals surface area contributed by atoms with Gasteiger partial charge in [0.05, 0.1) is 6.04 Å². The maximum absolute atomic E-state index is 13.5. The third-order valence-corrected chi connectivity index (χ3v) is 4.41. The number of aryl methyl sites for hydroxylation is 1. The summed E-state index contributed by atoms with van der Waals surface area (Å²) in [7, 11) is 1.92. The number of benzene rings is 1. The van der Waals surface area contributed by atoms with Gasteiger partial charge in [-0.3, -0.25) is 14.4 Å². The molecule has 24 heavy (non-hydrogen) atoms. The molecule has 128 valence electrons. The minimum atomic E-state index is -0.864. The average Bonchev–Trinajstić information content (AvgIpc) is 3.18. The van der Waals surface area contributed by atoms with E-state index in [1.807, 2.05) is 18.0 Å². The molecule has 1 aromatic carbocycles. The monoisotopic (exact) mass is 334 g/mol. The number of amides is 1. The smallest absolute Gasteiger partial charge is 0.222 e. The zero-order valence-corrected chi connectivity index (χ0v) is 13.5. The van der Waals surface area contributed by atoms with Crippen molar-refractivity contribution in [2.75, 3.05) is 13.6 Å². The van der Waals surface area contributed by atoms with Crippen molar-refractivity contribution in [2.45, 2.75) is 31.5 Å². The Kier molecular flexibility index (Phi) is 4.89. The summed E-state index contributed by atoms with van der Waals surface area (Å²) >= 11 is 0. The third-order valence-electron chi connectivity index (χ3n) is 4.41. The Labute approximate surface area is 139 Å². The maximum Gasteiger partial charge on any atom is 0.222 e. The Morgan fingerprint density at radius 1 is 1.38 bits per heavy atom. The first kappa shape index (κ1) is 16.6. The van der Waals surface area contributed by atoms with E-state index in [0.717, 1.165) is 19.0 Å². The molecule has 2 heterocycles. The van der Waals surface area contributed by atoms with Crippen LogP contribution in [0.2, 0.25) is 0 Å². The molecule has 0 unspecified atom stereocenters. The molecule has 1 aromatic heterocycles. The number of hydrogen-bond acceptors (Lipinski definition) is 3. The molecule has 0 bridgehead atoms. The van der Waals surface area contributed by atoms with Crippen molar-refractivity contribution in [1.29, 1.82) is 0 Å². The quantitative estimate of drug-likeness (QED) is 0.911. The predicted molar refractivity (Wildman–Crippen MR) is 85.1 cm³/mol. The van der Waals surface area contributed by atoms with Gasteiger partial charge in [0.25, 0.3) is 0 Å². The Morgan fingerprint density at radius 3 is 2.92 bits per heavy atom. The fourth-order valence-corrected chi connectivity index (χ4v) is 3.21. The van der Waals surface area contributed by atoms with Crippen LogP contribution in [0.4, 0.5) is 8.78 Å². The number of likely N-dealkylation sites (N-methyl/N-ethyl adjacent to an activating group) is 1. The fourth-order valence-electron chi connectivity index (χ4n) is 3.21. The zero-order chi connectivity index (χ0) is 17.1. The second kappa shape index (κ2) is 7.09. The molecular weight excluding hydrogens is 314 g/mol. The number of carbonyl (C=O) groups excluding carboxylic acids is 1. The third kappa shape index (κ3) is 3.62. The summed E-state index contributed by atoms with van der Waals surface area (Å²) in [5, 5.41) is 7.08. The standard InChI is InChI=1S/C17H20F2N4O/c1-22-9-5-15(17(22)12-3-4-13(18)14(19)11-12)21-16(24)6-10-23-8-2-7-20-23/h2-4,7-8,11,15,17H,5-6,9-10H2,1H3,(H,21,24)/t15-,17-/m0/s1. The molecule has 1 amide bonds. The summed E-state index contributed by atoms with van der Waals surface area (Å²) < 4.78 is 28.4. The van der Waals surface area contributed by atoms with Gasteiger partial charge in [-0.2, -0.15) is 5.10 Å². The van der Waals surface area contributed by atoms with Crippen LogP contribution < -0.4 is 5.32 Å². The van der Waals surface area contributed by atoms with Crippen molar-refractivity contribution in [2.24, 2.45) is 0 Å². The normalized spacial score (nSPS) is 21.1. The zero-order valence-electron chi connectivity index (χ0n) is 13.5. The number of halogens is 2. The Bertz CT molecular complexity index is 705. The Hall–Kier alpha value is -2.28. The molecule has 5 nitrogen and oxygen atoms in total. The molecule has 1 fully saturated rings. The molecular formula is C17H20F2N4O. The number of aromatic nitrogens is 2. The highest BCUT2D eigenvalue weighted by atomic mass is 19.2. The lowest BCUT2D eigenvalue weighted by Gasteiger charge is -2.26. The maximum atomic E-state index is 13.5. The molecule has 2 atom stereocenters. The van der Waals surface area contributed by atoms with Crippen LogP contribution >= 0.6 is 0 Å². The second-order valence-corrected chi connectivity index (χ2v) is 6.08. The lowest BCUT2D eigenvalue weighted by atomic mass is 9.99. The highest BCUT2D eigenvalue weighted by molar-refractivity contribution is 5.76. The van der Waals surface area contributed by atoms with Gasteiger partial charge in [-0.15, -0.1) is 0 Å². The van der Waals surface area contributed by atoms with E-state index in [2.05, 4.69) is 10.4 Å². The van der Waals surface area contributed by atoms with Crippen LogP contribution in [0.25, 0.3) is 0 Å². The van der Waals surface area contributed by atoms with Crippen molar-refractivity contribution in [1.82, 2.24) is 20.0 Å². The van der Waals surface area contributed by atoms with Crippen molar-refractivity contribution < 1.29 is 13.6 Å². The lowest BCUT2D eigenvalue weighted by Crippen LogP contribution is -2.39. The summed E-state index contributed by atoms with van der Waals surface area (Å²) in [4.78, 5) is 14.2. The van der Waals surface area contributed by atoms with Gasteiger partial charge in [0.2, 0.25) is 5.91 Å². The first-order chi connectivity index (χ1) is 11.5. The van der Waals surface area contributed by atoms with Gasteiger partial charge in [0.15, 0.2) is 11.6 Å². The molecule has 1 aliphatic rings. The van der Waals surface area contributed by atoms with E-state index < -0.39 is 11.6 Å². The van der Waals surface area contributed by atoms with Gasteiger partial charge < -0.3 is 5.32 Å². The molecule has 1 saturated heterocycles. The molecule has 1 aliphatic heterocycles. The first-order valence-corrected chi connectivity index (χ1v) is 7.96. The van der Waals surface area contributed by atoms with Crippen LogP contribution in [-0.2, 0) is 11.3 Å². The summed E-state index contributed by atoms with van der Waals surface area (Å²) in [6, 6.07) is 5.45. The Morgan fingerprint density at radius 2 is 2.21 bits per heavy atom. The largest absolute Gasteiger partial charge is 0.351 e. The fraction of sp³-hybridized carbons (Fsp3) is 0.412. The van der Waals surface area contributed by atoms with Crippen LogP contribution in [0, 0.1) is 11.6 Å². The van der Waals surface area contributed by atoms with E-state index in [9.17, 15) is 13.6 Å². The van der Waals surface area contributed by atoms with Gasteiger partial charge >= 0.3 is 0 Å². The molecule has 0 spiro atoms. The molecule has 0 aliphatic carbocycles. The van der Waals surface area contributed by atoms with Gasteiger partial charge in [-0.1, -0.05) is 6.07 Å². The summed E-state index contributed by atoms with van der Waals surface area (Å²) in [6.07, 6.45) is 4.57. The van der Waals surface area contributed by atoms with E-state index in [-0.39, 0.29) is 18.0 Å². The van der Waals surface area contributed by atoms with Crippen LogP contribution in [0.15, 0.2) is 36.7 Å². The molecule has 0 radical (unpaired) electrons. The van der Waals surface area contributed by atoms with Crippen LogP contribution in [-0.4, -0.2) is 40.2 Å². The van der Waals surface area contributed by atoms with Gasteiger partial charge in [0, 0.05) is 37.9 Å².